The van der Waals surface area contributed by atoms with Gasteiger partial charge >= 0.3 is 0 Å². The summed E-state index contributed by atoms with van der Waals surface area (Å²) < 4.78 is 0. The highest BCUT2D eigenvalue weighted by atomic mass is 32.2. The van der Waals surface area contributed by atoms with Gasteiger partial charge in [-0.3, -0.25) is 4.79 Å². The summed E-state index contributed by atoms with van der Waals surface area (Å²) in [5.41, 5.74) is 1.37. The van der Waals surface area contributed by atoms with E-state index < -0.39 is 0 Å². The van der Waals surface area contributed by atoms with E-state index in [1.54, 1.807) is 6.07 Å². The quantitative estimate of drug-likeness (QED) is 0.857. The van der Waals surface area contributed by atoms with Crippen LogP contribution in [0.25, 0.3) is 10.9 Å². The summed E-state index contributed by atoms with van der Waals surface area (Å²) in [6, 6.07) is 11.6. The largest absolute Gasteiger partial charge is 0.350 e. The Bertz CT molecular complexity index is 623. The number of para-hydroxylation sites is 1. The molecule has 3 nitrogen and oxygen atoms in total. The number of thioether (sulfide) groups is 1. The van der Waals surface area contributed by atoms with Crippen LogP contribution in [0.4, 0.5) is 0 Å². The third kappa shape index (κ3) is 3.76. The number of benzene rings is 1. The van der Waals surface area contributed by atoms with Gasteiger partial charge in [-0.2, -0.15) is 11.8 Å². The maximum Gasteiger partial charge on any atom is 0.269 e. The van der Waals surface area contributed by atoms with Gasteiger partial charge in [0.25, 0.3) is 5.91 Å². The Kier molecular flexibility index (Phi) is 4.76. The fraction of sp³-hybridized carbons (Fsp3) is 0.412. The molecular formula is C17H20N2OS. The van der Waals surface area contributed by atoms with Crippen LogP contribution in [-0.2, 0) is 0 Å². The summed E-state index contributed by atoms with van der Waals surface area (Å²) in [4.78, 5) is 16.5. The van der Waals surface area contributed by atoms with E-state index in [0.717, 1.165) is 21.9 Å². The van der Waals surface area contributed by atoms with Crippen molar-refractivity contribution in [2.45, 2.75) is 30.9 Å². The fourth-order valence-corrected chi connectivity index (χ4v) is 3.95. The van der Waals surface area contributed by atoms with Crippen molar-refractivity contribution in [1.82, 2.24) is 10.3 Å². The van der Waals surface area contributed by atoms with Gasteiger partial charge in [-0.25, -0.2) is 4.98 Å². The third-order valence-electron chi connectivity index (χ3n) is 3.87. The van der Waals surface area contributed by atoms with Gasteiger partial charge in [0, 0.05) is 22.9 Å². The highest BCUT2D eigenvalue weighted by Crippen LogP contribution is 2.28. The van der Waals surface area contributed by atoms with Crippen LogP contribution in [0.3, 0.4) is 0 Å². The fourth-order valence-electron chi connectivity index (χ4n) is 2.73. The molecule has 1 N–H and O–H groups in total. The Labute approximate surface area is 129 Å². The zero-order chi connectivity index (χ0) is 14.5. The zero-order valence-electron chi connectivity index (χ0n) is 12.0. The van der Waals surface area contributed by atoms with Crippen molar-refractivity contribution in [3.05, 3.63) is 42.1 Å². The zero-order valence-corrected chi connectivity index (χ0v) is 12.9. The van der Waals surface area contributed by atoms with Gasteiger partial charge in [0.1, 0.15) is 5.69 Å². The average Bonchev–Trinajstić information content (AvgIpc) is 3.04. The molecule has 0 unspecified atom stereocenters. The molecule has 1 saturated carbocycles. The molecule has 0 spiro atoms. The summed E-state index contributed by atoms with van der Waals surface area (Å²) in [5.74, 6) is 0.914. The van der Waals surface area contributed by atoms with Crippen molar-refractivity contribution in [1.29, 1.82) is 0 Å². The molecule has 0 radical (unpaired) electrons. The molecule has 1 aromatic carbocycles. The lowest BCUT2D eigenvalue weighted by Gasteiger charge is -2.09. The first kappa shape index (κ1) is 14.4. The van der Waals surface area contributed by atoms with Gasteiger partial charge in [0.2, 0.25) is 0 Å². The van der Waals surface area contributed by atoms with Crippen LogP contribution in [0.1, 0.15) is 36.2 Å². The average molecular weight is 300 g/mol. The molecule has 0 saturated heterocycles. The van der Waals surface area contributed by atoms with Gasteiger partial charge in [-0.1, -0.05) is 37.1 Å². The molecule has 4 heteroatoms. The second kappa shape index (κ2) is 6.94. The van der Waals surface area contributed by atoms with E-state index in [1.165, 1.54) is 25.7 Å². The summed E-state index contributed by atoms with van der Waals surface area (Å²) in [6.45, 7) is 0.717. The van der Waals surface area contributed by atoms with E-state index in [1.807, 2.05) is 42.1 Å². The number of hydrogen-bond acceptors (Lipinski definition) is 3. The number of hydrogen-bond donors (Lipinski definition) is 1. The Morgan fingerprint density at radius 2 is 2.00 bits per heavy atom. The van der Waals surface area contributed by atoms with E-state index in [0.29, 0.717) is 12.2 Å². The molecule has 3 rings (SSSR count). The Hall–Kier alpha value is -1.55. The molecule has 1 amide bonds. The van der Waals surface area contributed by atoms with E-state index in [4.69, 9.17) is 0 Å². The van der Waals surface area contributed by atoms with Crippen LogP contribution >= 0.6 is 11.8 Å². The number of amides is 1. The van der Waals surface area contributed by atoms with Gasteiger partial charge in [-0.05, 0) is 25.0 Å². The molecule has 0 aliphatic heterocycles. The van der Waals surface area contributed by atoms with Gasteiger partial charge in [0.15, 0.2) is 0 Å². The summed E-state index contributed by atoms with van der Waals surface area (Å²) in [7, 11) is 0. The van der Waals surface area contributed by atoms with Gasteiger partial charge in [0.05, 0.1) is 5.52 Å². The van der Waals surface area contributed by atoms with Crippen LogP contribution in [0.15, 0.2) is 36.4 Å². The Morgan fingerprint density at radius 3 is 2.86 bits per heavy atom. The number of carbonyl (C=O) groups excluding carboxylic acids is 1. The highest BCUT2D eigenvalue weighted by molar-refractivity contribution is 7.99. The third-order valence-corrected chi connectivity index (χ3v) is 5.26. The monoisotopic (exact) mass is 300 g/mol. The minimum absolute atomic E-state index is 0.0761. The molecule has 1 aromatic heterocycles. The Morgan fingerprint density at radius 1 is 1.19 bits per heavy atom. The second-order valence-electron chi connectivity index (χ2n) is 5.42. The first-order valence-electron chi connectivity index (χ1n) is 7.58. The molecule has 1 fully saturated rings. The number of rotatable bonds is 5. The van der Waals surface area contributed by atoms with Crippen LogP contribution < -0.4 is 5.32 Å². The van der Waals surface area contributed by atoms with Gasteiger partial charge < -0.3 is 5.32 Å². The van der Waals surface area contributed by atoms with Crippen LogP contribution in [-0.4, -0.2) is 28.4 Å². The summed E-state index contributed by atoms with van der Waals surface area (Å²) >= 11 is 1.99. The first-order valence-corrected chi connectivity index (χ1v) is 8.63. The summed E-state index contributed by atoms with van der Waals surface area (Å²) in [5, 5.41) is 4.83. The smallest absolute Gasteiger partial charge is 0.269 e. The minimum atomic E-state index is -0.0761. The van der Waals surface area contributed by atoms with Crippen molar-refractivity contribution in [2.24, 2.45) is 0 Å². The molecule has 1 aliphatic rings. The predicted octanol–water partition coefficient (Wildman–Crippen LogP) is 3.64. The molecule has 1 heterocycles. The molecular weight excluding hydrogens is 280 g/mol. The van der Waals surface area contributed by atoms with E-state index >= 15 is 0 Å². The lowest BCUT2D eigenvalue weighted by Crippen LogP contribution is -2.27. The predicted molar refractivity (Wildman–Crippen MR) is 88.8 cm³/mol. The maximum absolute atomic E-state index is 12.1. The SMILES string of the molecule is O=C(NCCSC1CCCC1)c1ccc2ccccc2n1. The second-order valence-corrected chi connectivity index (χ2v) is 6.83. The number of nitrogens with one attached hydrogen (secondary N) is 1. The van der Waals surface area contributed by atoms with Crippen LogP contribution in [0.2, 0.25) is 0 Å². The highest BCUT2D eigenvalue weighted by Gasteiger charge is 2.15. The normalized spacial score (nSPS) is 15.4. The van der Waals surface area contributed by atoms with Crippen molar-refractivity contribution in [3.8, 4) is 0 Å². The van der Waals surface area contributed by atoms with E-state index in [9.17, 15) is 4.79 Å². The molecule has 0 bridgehead atoms. The lowest BCUT2D eigenvalue weighted by molar-refractivity contribution is 0.0951. The number of carbonyl (C=O) groups is 1. The Balaban J connectivity index is 1.51. The molecule has 110 valence electrons. The number of pyridine rings is 1. The van der Waals surface area contributed by atoms with Crippen molar-refractivity contribution < 1.29 is 4.79 Å². The molecule has 21 heavy (non-hydrogen) atoms. The minimum Gasteiger partial charge on any atom is -0.350 e. The molecule has 1 aliphatic carbocycles. The van der Waals surface area contributed by atoms with Crippen LogP contribution in [0, 0.1) is 0 Å². The molecule has 2 aromatic rings. The topological polar surface area (TPSA) is 42.0 Å². The van der Waals surface area contributed by atoms with Crippen LogP contribution in [0.5, 0.6) is 0 Å². The first-order chi connectivity index (χ1) is 10.3. The van der Waals surface area contributed by atoms with Crippen molar-refractivity contribution in [2.75, 3.05) is 12.3 Å². The lowest BCUT2D eigenvalue weighted by atomic mass is 10.2. The van der Waals surface area contributed by atoms with Crippen molar-refractivity contribution >= 4 is 28.6 Å². The summed E-state index contributed by atoms with van der Waals surface area (Å²) in [6.07, 6.45) is 5.41. The number of fused-ring (bicyclic) bond motifs is 1. The number of aromatic nitrogens is 1. The molecule has 0 atom stereocenters. The van der Waals surface area contributed by atoms with E-state index in [2.05, 4.69) is 10.3 Å². The maximum atomic E-state index is 12.1. The standard InChI is InChI=1S/C17H20N2OS/c20-17(18-11-12-21-14-6-2-3-7-14)16-10-9-13-5-1-4-8-15(13)19-16/h1,4-5,8-10,14H,2-3,6-7,11-12H2,(H,18,20). The van der Waals surface area contributed by atoms with E-state index in [-0.39, 0.29) is 5.91 Å². The van der Waals surface area contributed by atoms with Gasteiger partial charge in [-0.15, -0.1) is 0 Å². The van der Waals surface area contributed by atoms with Crippen molar-refractivity contribution in [3.63, 3.8) is 0 Å². The number of nitrogens with zero attached hydrogens (tertiary/aromatic N) is 1.